The number of nitrogens with one attached hydrogen (secondary N) is 2. The molecule has 2 N–H and O–H groups in total. The van der Waals surface area contributed by atoms with Gasteiger partial charge in [-0.1, -0.05) is 6.07 Å². The molecular weight excluding hydrogens is 287 g/mol. The topological polar surface area (TPSA) is 42.5 Å². The summed E-state index contributed by atoms with van der Waals surface area (Å²) in [5.41, 5.74) is 1.23. The lowest BCUT2D eigenvalue weighted by molar-refractivity contribution is 0.171. The quantitative estimate of drug-likeness (QED) is 0.789. The normalized spacial score (nSPS) is 12.3. The van der Waals surface area contributed by atoms with Gasteiger partial charge in [0.2, 0.25) is 0 Å². The molecule has 6 heteroatoms. The van der Waals surface area contributed by atoms with Crippen molar-refractivity contribution in [2.45, 2.75) is 13.0 Å². The second-order valence-electron chi connectivity index (χ2n) is 4.11. The van der Waals surface area contributed by atoms with Crippen LogP contribution in [0.4, 0.5) is 0 Å². The van der Waals surface area contributed by atoms with Gasteiger partial charge in [-0.2, -0.15) is 0 Å². The summed E-state index contributed by atoms with van der Waals surface area (Å²) in [6.07, 6.45) is 1.14. The Hall–Kier alpha value is -0.680. The van der Waals surface area contributed by atoms with E-state index in [-0.39, 0.29) is 24.8 Å². The molecule has 110 valence electrons. The van der Waals surface area contributed by atoms with Crippen LogP contribution in [-0.4, -0.2) is 33.4 Å². The lowest BCUT2D eigenvalue weighted by atomic mass is 10.2. The van der Waals surface area contributed by atoms with Crippen LogP contribution in [0.2, 0.25) is 0 Å². The second-order valence-corrected chi connectivity index (χ2v) is 4.11. The van der Waals surface area contributed by atoms with Crippen molar-refractivity contribution in [3.05, 3.63) is 23.8 Å². The molecule has 0 saturated carbocycles. The van der Waals surface area contributed by atoms with Gasteiger partial charge in [-0.05, 0) is 44.3 Å². The summed E-state index contributed by atoms with van der Waals surface area (Å²) in [6, 6.07) is 6.12. The molecule has 1 aliphatic rings. The van der Waals surface area contributed by atoms with Gasteiger partial charge in [0.1, 0.15) is 13.2 Å². The Kier molecular flexibility index (Phi) is 9.79. The summed E-state index contributed by atoms with van der Waals surface area (Å²) in [6.45, 7) is 4.24. The van der Waals surface area contributed by atoms with Gasteiger partial charge < -0.3 is 20.1 Å². The van der Waals surface area contributed by atoms with Crippen molar-refractivity contribution in [3.63, 3.8) is 0 Å². The van der Waals surface area contributed by atoms with Crippen LogP contribution in [0.5, 0.6) is 11.5 Å². The molecule has 2 rings (SSSR count). The Labute approximate surface area is 127 Å². The average molecular weight is 309 g/mol. The molecule has 1 aromatic carbocycles. The molecule has 1 aliphatic heterocycles. The Bertz CT molecular complexity index is 364. The summed E-state index contributed by atoms with van der Waals surface area (Å²) in [5, 5.41) is 6.54. The molecule has 0 amide bonds. The van der Waals surface area contributed by atoms with E-state index >= 15 is 0 Å². The second kappa shape index (κ2) is 10.1. The van der Waals surface area contributed by atoms with Crippen LogP contribution in [0.25, 0.3) is 0 Å². The average Bonchev–Trinajstić information content (AvgIpc) is 2.38. The molecule has 0 atom stereocenters. The molecule has 1 aromatic rings. The van der Waals surface area contributed by atoms with Crippen LogP contribution >= 0.6 is 24.8 Å². The van der Waals surface area contributed by atoms with Crippen LogP contribution in [0.15, 0.2) is 18.2 Å². The van der Waals surface area contributed by atoms with Crippen LogP contribution in [-0.2, 0) is 6.54 Å². The van der Waals surface area contributed by atoms with Gasteiger partial charge >= 0.3 is 0 Å². The minimum absolute atomic E-state index is 0. The van der Waals surface area contributed by atoms with Crippen molar-refractivity contribution in [1.82, 2.24) is 10.6 Å². The Morgan fingerprint density at radius 3 is 2.53 bits per heavy atom. The number of fused-ring (bicyclic) bond motifs is 1. The molecule has 0 bridgehead atoms. The van der Waals surface area contributed by atoms with Crippen LogP contribution in [0, 0.1) is 0 Å². The number of ether oxygens (including phenoxy) is 2. The largest absolute Gasteiger partial charge is 0.486 e. The SMILES string of the molecule is CNCCCNCc1ccc2c(c1)OCCO2.Cl.Cl. The molecule has 0 aliphatic carbocycles. The molecule has 0 spiro atoms. The van der Waals surface area contributed by atoms with E-state index in [1.54, 1.807) is 0 Å². The summed E-state index contributed by atoms with van der Waals surface area (Å²) in [4.78, 5) is 0. The summed E-state index contributed by atoms with van der Waals surface area (Å²) in [7, 11) is 1.97. The van der Waals surface area contributed by atoms with Crippen molar-refractivity contribution >= 4 is 24.8 Å². The zero-order valence-corrected chi connectivity index (χ0v) is 12.7. The number of benzene rings is 1. The van der Waals surface area contributed by atoms with Crippen molar-refractivity contribution in [3.8, 4) is 11.5 Å². The Morgan fingerprint density at radius 1 is 1.05 bits per heavy atom. The van der Waals surface area contributed by atoms with Crippen LogP contribution in [0.3, 0.4) is 0 Å². The maximum absolute atomic E-state index is 5.55. The number of rotatable bonds is 6. The van der Waals surface area contributed by atoms with Crippen LogP contribution < -0.4 is 20.1 Å². The zero-order chi connectivity index (χ0) is 11.9. The molecule has 0 unspecified atom stereocenters. The first-order chi connectivity index (χ1) is 8.40. The highest BCUT2D eigenvalue weighted by molar-refractivity contribution is 5.85. The summed E-state index contributed by atoms with van der Waals surface area (Å²) in [5.74, 6) is 1.72. The maximum atomic E-state index is 5.55. The standard InChI is InChI=1S/C13H20N2O2.2ClH/c1-14-5-2-6-15-10-11-3-4-12-13(9-11)17-8-7-16-12;;/h3-4,9,14-15H,2,5-8,10H2,1H3;2*1H. The van der Waals surface area contributed by atoms with E-state index < -0.39 is 0 Å². The molecular formula is C13H22Cl2N2O2. The molecule has 19 heavy (non-hydrogen) atoms. The predicted octanol–water partition coefficient (Wildman–Crippen LogP) is 2.00. The van der Waals surface area contributed by atoms with Crippen molar-refractivity contribution in [2.75, 3.05) is 33.4 Å². The van der Waals surface area contributed by atoms with Crippen molar-refractivity contribution in [1.29, 1.82) is 0 Å². The third kappa shape index (κ3) is 5.87. The van der Waals surface area contributed by atoms with E-state index in [2.05, 4.69) is 22.8 Å². The van der Waals surface area contributed by atoms with E-state index in [0.29, 0.717) is 13.2 Å². The maximum Gasteiger partial charge on any atom is 0.161 e. The Morgan fingerprint density at radius 2 is 1.79 bits per heavy atom. The monoisotopic (exact) mass is 308 g/mol. The number of halogens is 2. The Balaban J connectivity index is 0.00000162. The zero-order valence-electron chi connectivity index (χ0n) is 11.1. The van der Waals surface area contributed by atoms with E-state index in [1.807, 2.05) is 13.1 Å². The summed E-state index contributed by atoms with van der Waals surface area (Å²) >= 11 is 0. The first-order valence-electron chi connectivity index (χ1n) is 6.14. The fourth-order valence-electron chi connectivity index (χ4n) is 1.82. The van der Waals surface area contributed by atoms with Gasteiger partial charge in [0.05, 0.1) is 0 Å². The molecule has 0 fully saturated rings. The minimum atomic E-state index is 0. The van der Waals surface area contributed by atoms with Crippen LogP contribution in [0.1, 0.15) is 12.0 Å². The fraction of sp³-hybridized carbons (Fsp3) is 0.538. The number of hydrogen-bond donors (Lipinski definition) is 2. The van der Waals surface area contributed by atoms with E-state index in [0.717, 1.165) is 37.6 Å². The lowest BCUT2D eigenvalue weighted by Gasteiger charge is -2.19. The lowest BCUT2D eigenvalue weighted by Crippen LogP contribution is -2.20. The highest BCUT2D eigenvalue weighted by Gasteiger charge is 2.11. The minimum Gasteiger partial charge on any atom is -0.486 e. The third-order valence-corrected chi connectivity index (χ3v) is 2.72. The smallest absolute Gasteiger partial charge is 0.161 e. The molecule has 0 aromatic heterocycles. The van der Waals surface area contributed by atoms with E-state index in [1.165, 1.54) is 5.56 Å². The predicted molar refractivity (Wildman–Crippen MR) is 82.2 cm³/mol. The highest BCUT2D eigenvalue weighted by atomic mass is 35.5. The van der Waals surface area contributed by atoms with Crippen molar-refractivity contribution < 1.29 is 9.47 Å². The van der Waals surface area contributed by atoms with E-state index in [9.17, 15) is 0 Å². The molecule has 1 heterocycles. The first-order valence-corrected chi connectivity index (χ1v) is 6.14. The summed E-state index contributed by atoms with van der Waals surface area (Å²) < 4.78 is 11.0. The first kappa shape index (κ1) is 18.3. The molecule has 4 nitrogen and oxygen atoms in total. The number of hydrogen-bond acceptors (Lipinski definition) is 4. The van der Waals surface area contributed by atoms with Gasteiger partial charge in [0, 0.05) is 6.54 Å². The van der Waals surface area contributed by atoms with E-state index in [4.69, 9.17) is 9.47 Å². The fourth-order valence-corrected chi connectivity index (χ4v) is 1.82. The van der Waals surface area contributed by atoms with Gasteiger partial charge in [-0.15, -0.1) is 24.8 Å². The van der Waals surface area contributed by atoms with Gasteiger partial charge in [0.25, 0.3) is 0 Å². The van der Waals surface area contributed by atoms with Gasteiger partial charge in [-0.3, -0.25) is 0 Å². The van der Waals surface area contributed by atoms with Gasteiger partial charge in [-0.25, -0.2) is 0 Å². The third-order valence-electron chi connectivity index (χ3n) is 2.72. The van der Waals surface area contributed by atoms with Gasteiger partial charge in [0.15, 0.2) is 11.5 Å². The molecule has 0 radical (unpaired) electrons. The highest BCUT2D eigenvalue weighted by Crippen LogP contribution is 2.30. The molecule has 0 saturated heterocycles. The van der Waals surface area contributed by atoms with Crippen molar-refractivity contribution in [2.24, 2.45) is 0 Å².